The highest BCUT2D eigenvalue weighted by Crippen LogP contribution is 2.33. The van der Waals surface area contributed by atoms with Crippen molar-refractivity contribution in [1.82, 2.24) is 4.98 Å². The summed E-state index contributed by atoms with van der Waals surface area (Å²) in [6.07, 6.45) is -4.18. The normalized spacial score (nSPS) is 15.9. The third-order valence-electron chi connectivity index (χ3n) is 6.11. The highest BCUT2D eigenvalue weighted by Gasteiger charge is 2.49. The molecule has 3 aromatic rings. The lowest BCUT2D eigenvalue weighted by atomic mass is 9.89. The number of rotatable bonds is 8. The maximum absolute atomic E-state index is 13.4. The van der Waals surface area contributed by atoms with Crippen molar-refractivity contribution in [3.63, 3.8) is 0 Å². The van der Waals surface area contributed by atoms with Crippen LogP contribution in [0.5, 0.6) is 0 Å². The van der Waals surface area contributed by atoms with Gasteiger partial charge in [-0.2, -0.15) is 13.2 Å². The lowest BCUT2D eigenvalue weighted by molar-refractivity contribution is -0.192. The number of nitrogens with one attached hydrogen (secondary N) is 2. The average Bonchev–Trinajstić information content (AvgIpc) is 3.42. The van der Waals surface area contributed by atoms with Crippen LogP contribution in [-0.2, 0) is 34.0 Å². The molecule has 0 spiro atoms. The molecule has 18 heteroatoms. The summed E-state index contributed by atoms with van der Waals surface area (Å²) in [4.78, 5) is 44.1. The number of carbonyl (C=O) groups excluding carboxylic acids is 2. The summed E-state index contributed by atoms with van der Waals surface area (Å²) in [7, 11) is -2.77. The quantitative estimate of drug-likeness (QED) is 0.135. The number of sulfonamides is 1. The Kier molecular flexibility index (Phi) is 10.3. The summed E-state index contributed by atoms with van der Waals surface area (Å²) in [5, 5.41) is 26.8. The van der Waals surface area contributed by atoms with E-state index in [4.69, 9.17) is 35.8 Å². The SMILES string of the molecule is COC(=O)CC1(C(=O)Nc2ccc(-c3ccccc3S(N)(=O)=O)cn2)CC(c2cccc(C(=N)N)c2)=NO1.O=C(O)C(F)(F)F. The number of methoxy groups -OCH3 is 1. The monoisotopic (exact) mass is 650 g/mol. The molecule has 0 saturated heterocycles. The Hall–Kier alpha value is -5.36. The predicted octanol–water partition coefficient (Wildman–Crippen LogP) is 2.38. The minimum Gasteiger partial charge on any atom is -0.475 e. The maximum Gasteiger partial charge on any atom is 0.490 e. The number of benzene rings is 2. The molecule has 1 amide bonds. The molecule has 0 bridgehead atoms. The van der Waals surface area contributed by atoms with Gasteiger partial charge in [0.15, 0.2) is 0 Å². The molecular formula is C27H25F3N6O8S. The van der Waals surface area contributed by atoms with Gasteiger partial charge < -0.3 is 25.7 Å². The number of amides is 1. The number of carboxylic acid groups (broad SMARTS) is 1. The fourth-order valence-corrected chi connectivity index (χ4v) is 4.67. The van der Waals surface area contributed by atoms with E-state index in [1.165, 1.54) is 25.4 Å². The van der Waals surface area contributed by atoms with Crippen molar-refractivity contribution in [2.75, 3.05) is 12.4 Å². The Labute approximate surface area is 253 Å². The van der Waals surface area contributed by atoms with Crippen LogP contribution in [0.4, 0.5) is 19.0 Å². The van der Waals surface area contributed by atoms with Gasteiger partial charge in [0, 0.05) is 34.9 Å². The number of aromatic nitrogens is 1. The van der Waals surface area contributed by atoms with E-state index in [0.29, 0.717) is 28.0 Å². The number of nitrogen functional groups attached to an aromatic ring is 1. The number of anilines is 1. The third kappa shape index (κ3) is 8.61. The van der Waals surface area contributed by atoms with Crippen LogP contribution in [0.15, 0.2) is 76.9 Å². The number of esters is 1. The molecule has 1 aromatic heterocycles. The summed E-state index contributed by atoms with van der Waals surface area (Å²) in [5.41, 5.74) is 6.11. The van der Waals surface area contributed by atoms with E-state index in [2.05, 4.69) is 15.5 Å². The summed E-state index contributed by atoms with van der Waals surface area (Å²) < 4.78 is 60.4. The molecular weight excluding hydrogens is 625 g/mol. The van der Waals surface area contributed by atoms with Crippen molar-refractivity contribution in [3.05, 3.63) is 78.0 Å². The first-order valence-electron chi connectivity index (χ1n) is 12.4. The fraction of sp³-hybridized carbons (Fsp3) is 0.185. The average molecular weight is 651 g/mol. The first-order valence-corrected chi connectivity index (χ1v) is 14.0. The molecule has 14 nitrogen and oxygen atoms in total. The van der Waals surface area contributed by atoms with Gasteiger partial charge in [0.1, 0.15) is 11.7 Å². The summed E-state index contributed by atoms with van der Waals surface area (Å²) >= 11 is 0. The first-order chi connectivity index (χ1) is 21.0. The Morgan fingerprint density at radius 1 is 1.11 bits per heavy atom. The topological polar surface area (TPSA) is 237 Å². The number of aliphatic carboxylic acids is 1. The number of amidine groups is 1. The van der Waals surface area contributed by atoms with E-state index < -0.39 is 46.1 Å². The number of pyridine rings is 1. The van der Waals surface area contributed by atoms with Gasteiger partial charge >= 0.3 is 18.1 Å². The van der Waals surface area contributed by atoms with E-state index in [9.17, 15) is 31.2 Å². The second-order valence-corrected chi connectivity index (χ2v) is 10.8. The zero-order valence-electron chi connectivity index (χ0n) is 23.2. The Morgan fingerprint density at radius 3 is 2.33 bits per heavy atom. The molecule has 1 aliphatic rings. The smallest absolute Gasteiger partial charge is 0.475 e. The maximum atomic E-state index is 13.4. The molecule has 0 saturated carbocycles. The Bertz CT molecular complexity index is 1760. The van der Waals surface area contributed by atoms with Crippen LogP contribution in [0.1, 0.15) is 24.0 Å². The number of carbonyl (C=O) groups is 3. The van der Waals surface area contributed by atoms with Crippen LogP contribution in [0.3, 0.4) is 0 Å². The number of carboxylic acids is 1. The van der Waals surface area contributed by atoms with Crippen LogP contribution in [-0.4, -0.2) is 66.8 Å². The van der Waals surface area contributed by atoms with E-state index in [1.807, 2.05) is 0 Å². The predicted molar refractivity (Wildman–Crippen MR) is 152 cm³/mol. The zero-order chi connectivity index (χ0) is 33.6. The van der Waals surface area contributed by atoms with Crippen molar-refractivity contribution < 1.29 is 50.7 Å². The van der Waals surface area contributed by atoms with E-state index in [0.717, 1.165) is 0 Å². The van der Waals surface area contributed by atoms with Crippen molar-refractivity contribution in [1.29, 1.82) is 5.41 Å². The molecule has 1 atom stereocenters. The van der Waals surface area contributed by atoms with Gasteiger partial charge in [0.25, 0.3) is 5.91 Å². The highest BCUT2D eigenvalue weighted by atomic mass is 32.2. The number of hydrogen-bond acceptors (Lipinski definition) is 10. The van der Waals surface area contributed by atoms with Crippen molar-refractivity contribution in [3.8, 4) is 11.1 Å². The number of nitrogens with two attached hydrogens (primary N) is 2. The molecule has 0 aliphatic carbocycles. The highest BCUT2D eigenvalue weighted by molar-refractivity contribution is 7.89. The fourth-order valence-electron chi connectivity index (χ4n) is 3.91. The number of hydrogen-bond donors (Lipinski definition) is 5. The van der Waals surface area contributed by atoms with Crippen LogP contribution >= 0.6 is 0 Å². The number of ether oxygens (including phenoxy) is 1. The van der Waals surface area contributed by atoms with Crippen molar-refractivity contribution in [2.45, 2.75) is 29.5 Å². The van der Waals surface area contributed by atoms with Gasteiger partial charge in [-0.1, -0.05) is 41.6 Å². The molecule has 0 radical (unpaired) electrons. The molecule has 7 N–H and O–H groups in total. The molecule has 1 aliphatic heterocycles. The van der Waals surface area contributed by atoms with Crippen molar-refractivity contribution in [2.24, 2.45) is 16.0 Å². The largest absolute Gasteiger partial charge is 0.490 e. The standard InChI is InChI=1S/C25H24N6O6S.C2HF3O2/c1-36-22(32)13-25(12-19(31-37-25)15-5-4-6-16(11-15)23(26)27)24(33)30-21-10-9-17(14-29-21)18-7-2-3-8-20(18)38(28,34)35;3-2(4,5)1(6)7/h2-11,14H,12-13H2,1H3,(H3,26,27)(H2,28,34,35)(H,29,30,33);(H,6,7). The summed E-state index contributed by atoms with van der Waals surface area (Å²) in [5.74, 6) is -4.13. The number of oxime groups is 1. The van der Waals surface area contributed by atoms with E-state index in [1.54, 1.807) is 48.5 Å². The molecule has 2 heterocycles. The minimum absolute atomic E-state index is 0.0604. The second kappa shape index (κ2) is 13.5. The Balaban J connectivity index is 0.000000707. The molecule has 238 valence electrons. The number of nitrogens with zero attached hydrogens (tertiary/aromatic N) is 2. The van der Waals surface area contributed by atoms with Crippen LogP contribution in [0.25, 0.3) is 11.1 Å². The minimum atomic E-state index is -5.08. The van der Waals surface area contributed by atoms with Crippen LogP contribution < -0.4 is 16.2 Å². The second-order valence-electron chi connectivity index (χ2n) is 9.28. The molecule has 4 rings (SSSR count). The summed E-state index contributed by atoms with van der Waals surface area (Å²) in [6.45, 7) is 0. The van der Waals surface area contributed by atoms with Crippen LogP contribution in [0.2, 0.25) is 0 Å². The van der Waals surface area contributed by atoms with E-state index in [-0.39, 0.29) is 23.0 Å². The molecule has 1 unspecified atom stereocenters. The van der Waals surface area contributed by atoms with Gasteiger partial charge in [0.05, 0.1) is 24.1 Å². The van der Waals surface area contributed by atoms with Gasteiger partial charge in [-0.25, -0.2) is 23.3 Å². The third-order valence-corrected chi connectivity index (χ3v) is 7.08. The molecule has 45 heavy (non-hydrogen) atoms. The van der Waals surface area contributed by atoms with Gasteiger partial charge in [-0.05, 0) is 24.3 Å². The summed E-state index contributed by atoms with van der Waals surface area (Å²) in [6, 6.07) is 16.0. The van der Waals surface area contributed by atoms with Crippen molar-refractivity contribution >= 4 is 45.2 Å². The molecule has 2 aromatic carbocycles. The van der Waals surface area contributed by atoms with Gasteiger partial charge in [0.2, 0.25) is 15.6 Å². The lowest BCUT2D eigenvalue weighted by Gasteiger charge is -2.24. The number of halogens is 3. The number of alkyl halides is 3. The zero-order valence-corrected chi connectivity index (χ0v) is 24.0. The van der Waals surface area contributed by atoms with E-state index >= 15 is 0 Å². The number of primary sulfonamides is 1. The Morgan fingerprint density at radius 2 is 1.78 bits per heavy atom. The van der Waals surface area contributed by atoms with Gasteiger partial charge in [-0.15, -0.1) is 0 Å². The van der Waals surface area contributed by atoms with Crippen LogP contribution in [0, 0.1) is 5.41 Å². The first kappa shape index (κ1) is 34.1. The molecule has 0 fully saturated rings. The van der Waals surface area contributed by atoms with Gasteiger partial charge in [-0.3, -0.25) is 15.0 Å². The lowest BCUT2D eigenvalue weighted by Crippen LogP contribution is -2.45.